The highest BCUT2D eigenvalue weighted by Gasteiger charge is 2.34. The number of nitrogens with zero attached hydrogens (tertiary/aromatic N) is 1. The number of rotatable bonds is 4. The number of likely N-dealkylation sites (tertiary alicyclic amines) is 1. The van der Waals surface area contributed by atoms with Gasteiger partial charge in [0.2, 0.25) is 0 Å². The fourth-order valence-electron chi connectivity index (χ4n) is 2.45. The van der Waals surface area contributed by atoms with Crippen molar-refractivity contribution < 1.29 is 19.4 Å². The summed E-state index contributed by atoms with van der Waals surface area (Å²) >= 11 is 5.79. The lowest BCUT2D eigenvalue weighted by Crippen LogP contribution is -2.52. The lowest BCUT2D eigenvalue weighted by Gasteiger charge is -2.34. The van der Waals surface area contributed by atoms with Gasteiger partial charge >= 0.3 is 5.97 Å². The van der Waals surface area contributed by atoms with E-state index in [1.807, 2.05) is 0 Å². The fourth-order valence-corrected chi connectivity index (χ4v) is 2.58. The summed E-state index contributed by atoms with van der Waals surface area (Å²) in [7, 11) is 0. The predicted octanol–water partition coefficient (Wildman–Crippen LogP) is 2.57. The van der Waals surface area contributed by atoms with Crippen LogP contribution in [-0.4, -0.2) is 40.6 Å². The van der Waals surface area contributed by atoms with Crippen molar-refractivity contribution in [1.29, 1.82) is 0 Å². The minimum Gasteiger partial charge on any atom is -0.481 e. The summed E-state index contributed by atoms with van der Waals surface area (Å²) in [6.45, 7) is 2.09. The highest BCUT2D eigenvalue weighted by atomic mass is 35.5. The van der Waals surface area contributed by atoms with E-state index in [9.17, 15) is 14.7 Å². The molecular formula is C15H18ClNO4. The summed E-state index contributed by atoms with van der Waals surface area (Å²) in [5.41, 5.74) is 0. The Balaban J connectivity index is 2.03. The van der Waals surface area contributed by atoms with Gasteiger partial charge in [-0.3, -0.25) is 4.79 Å². The van der Waals surface area contributed by atoms with E-state index in [1.54, 1.807) is 31.2 Å². The number of benzene rings is 1. The van der Waals surface area contributed by atoms with Crippen molar-refractivity contribution in [2.75, 3.05) is 6.54 Å². The zero-order valence-electron chi connectivity index (χ0n) is 11.8. The number of piperidine rings is 1. The Bertz CT molecular complexity index is 517. The monoisotopic (exact) mass is 311 g/mol. The highest BCUT2D eigenvalue weighted by molar-refractivity contribution is 6.30. The molecule has 0 saturated carbocycles. The molecule has 1 amide bonds. The van der Waals surface area contributed by atoms with E-state index in [-0.39, 0.29) is 5.91 Å². The molecule has 1 heterocycles. The van der Waals surface area contributed by atoms with Crippen molar-refractivity contribution in [3.05, 3.63) is 29.3 Å². The molecule has 1 aromatic carbocycles. The van der Waals surface area contributed by atoms with Crippen molar-refractivity contribution in [3.8, 4) is 5.75 Å². The van der Waals surface area contributed by atoms with Crippen LogP contribution >= 0.6 is 11.6 Å². The van der Waals surface area contributed by atoms with Gasteiger partial charge < -0.3 is 14.7 Å². The van der Waals surface area contributed by atoms with Gasteiger partial charge in [-0.15, -0.1) is 0 Å². The smallest absolute Gasteiger partial charge is 0.326 e. The normalized spacial score (nSPS) is 19.9. The zero-order chi connectivity index (χ0) is 15.4. The average Bonchev–Trinajstić information content (AvgIpc) is 2.48. The first-order chi connectivity index (χ1) is 9.99. The number of carbonyl (C=O) groups excluding carboxylic acids is 1. The fraction of sp³-hybridized carbons (Fsp3) is 0.467. The molecule has 2 unspecified atom stereocenters. The standard InChI is InChI=1S/C15H18ClNO4/c1-10(21-12-7-5-11(16)6-8-12)14(18)17-9-3-2-4-13(17)15(19)20/h5-8,10,13H,2-4,9H2,1H3,(H,19,20). The van der Waals surface area contributed by atoms with E-state index in [1.165, 1.54) is 4.90 Å². The molecule has 1 saturated heterocycles. The maximum atomic E-state index is 12.4. The van der Waals surface area contributed by atoms with Crippen LogP contribution in [0.25, 0.3) is 0 Å². The Labute approximate surface area is 128 Å². The van der Waals surface area contributed by atoms with Crippen LogP contribution in [0.2, 0.25) is 5.02 Å². The van der Waals surface area contributed by atoms with Crippen molar-refractivity contribution in [1.82, 2.24) is 4.90 Å². The number of aliphatic carboxylic acids is 1. The molecule has 0 aliphatic carbocycles. The molecule has 6 heteroatoms. The molecule has 2 atom stereocenters. The lowest BCUT2D eigenvalue weighted by atomic mass is 10.0. The van der Waals surface area contributed by atoms with E-state index in [4.69, 9.17) is 16.3 Å². The number of carboxylic acid groups (broad SMARTS) is 1. The molecule has 1 N–H and O–H groups in total. The molecule has 0 aromatic heterocycles. The second-order valence-corrected chi connectivity index (χ2v) is 5.53. The Morgan fingerprint density at radius 2 is 2.00 bits per heavy atom. The topological polar surface area (TPSA) is 66.8 Å². The predicted molar refractivity (Wildman–Crippen MR) is 78.5 cm³/mol. The number of carbonyl (C=O) groups is 2. The van der Waals surface area contributed by atoms with Crippen LogP contribution in [-0.2, 0) is 9.59 Å². The van der Waals surface area contributed by atoms with Crippen molar-refractivity contribution in [3.63, 3.8) is 0 Å². The number of hydrogen-bond donors (Lipinski definition) is 1. The maximum Gasteiger partial charge on any atom is 0.326 e. The number of carboxylic acids is 1. The molecule has 114 valence electrons. The molecular weight excluding hydrogens is 294 g/mol. The molecule has 2 rings (SSSR count). The maximum absolute atomic E-state index is 12.4. The van der Waals surface area contributed by atoms with Gasteiger partial charge in [0.05, 0.1) is 0 Å². The third kappa shape index (κ3) is 3.88. The zero-order valence-corrected chi connectivity index (χ0v) is 12.5. The van der Waals surface area contributed by atoms with E-state index >= 15 is 0 Å². The molecule has 5 nitrogen and oxygen atoms in total. The first kappa shape index (κ1) is 15.6. The molecule has 0 radical (unpaired) electrons. The van der Waals surface area contributed by atoms with E-state index in [2.05, 4.69) is 0 Å². The highest BCUT2D eigenvalue weighted by Crippen LogP contribution is 2.21. The number of hydrogen-bond acceptors (Lipinski definition) is 3. The summed E-state index contributed by atoms with van der Waals surface area (Å²) < 4.78 is 5.57. The Hall–Kier alpha value is -1.75. The third-order valence-corrected chi connectivity index (χ3v) is 3.80. The van der Waals surface area contributed by atoms with Crippen LogP contribution in [0.3, 0.4) is 0 Å². The van der Waals surface area contributed by atoms with Crippen LogP contribution < -0.4 is 4.74 Å². The van der Waals surface area contributed by atoms with Gasteiger partial charge in [-0.2, -0.15) is 0 Å². The quantitative estimate of drug-likeness (QED) is 0.928. The van der Waals surface area contributed by atoms with E-state index < -0.39 is 18.1 Å². The first-order valence-electron chi connectivity index (χ1n) is 6.94. The Kier molecular flexibility index (Phi) is 5.07. The molecule has 21 heavy (non-hydrogen) atoms. The summed E-state index contributed by atoms with van der Waals surface area (Å²) in [6, 6.07) is 5.96. The third-order valence-electron chi connectivity index (χ3n) is 3.55. The van der Waals surface area contributed by atoms with Gasteiger partial charge in [0.25, 0.3) is 5.91 Å². The van der Waals surface area contributed by atoms with Gasteiger partial charge in [0, 0.05) is 11.6 Å². The lowest BCUT2D eigenvalue weighted by molar-refractivity contribution is -0.155. The van der Waals surface area contributed by atoms with E-state index in [0.29, 0.717) is 23.7 Å². The molecule has 1 fully saturated rings. The molecule has 1 aromatic rings. The van der Waals surface area contributed by atoms with Crippen molar-refractivity contribution >= 4 is 23.5 Å². The molecule has 0 spiro atoms. The number of amides is 1. The summed E-state index contributed by atoms with van der Waals surface area (Å²) in [4.78, 5) is 25.0. The van der Waals surface area contributed by atoms with Crippen LogP contribution in [0.1, 0.15) is 26.2 Å². The summed E-state index contributed by atoms with van der Waals surface area (Å²) in [6.07, 6.45) is 1.41. The van der Waals surface area contributed by atoms with Crippen LogP contribution in [0, 0.1) is 0 Å². The largest absolute Gasteiger partial charge is 0.481 e. The Morgan fingerprint density at radius 1 is 1.33 bits per heavy atom. The average molecular weight is 312 g/mol. The van der Waals surface area contributed by atoms with Gasteiger partial charge in [-0.1, -0.05) is 11.6 Å². The van der Waals surface area contributed by atoms with Crippen molar-refractivity contribution in [2.45, 2.75) is 38.3 Å². The summed E-state index contributed by atoms with van der Waals surface area (Å²) in [5.74, 6) is -0.720. The van der Waals surface area contributed by atoms with Crippen molar-refractivity contribution in [2.24, 2.45) is 0 Å². The molecule has 1 aliphatic rings. The van der Waals surface area contributed by atoms with E-state index in [0.717, 1.165) is 12.8 Å². The number of ether oxygens (including phenoxy) is 1. The van der Waals surface area contributed by atoms with Gasteiger partial charge in [0.15, 0.2) is 6.10 Å². The molecule has 0 bridgehead atoms. The van der Waals surface area contributed by atoms with Gasteiger partial charge in [-0.05, 0) is 50.5 Å². The minimum absolute atomic E-state index is 0.294. The van der Waals surface area contributed by atoms with Gasteiger partial charge in [0.1, 0.15) is 11.8 Å². The van der Waals surface area contributed by atoms with Crippen LogP contribution in [0.15, 0.2) is 24.3 Å². The summed E-state index contributed by atoms with van der Waals surface area (Å²) in [5, 5.41) is 9.80. The minimum atomic E-state index is -0.957. The van der Waals surface area contributed by atoms with Crippen LogP contribution in [0.5, 0.6) is 5.75 Å². The van der Waals surface area contributed by atoms with Gasteiger partial charge in [-0.25, -0.2) is 4.79 Å². The van der Waals surface area contributed by atoms with Crippen LogP contribution in [0.4, 0.5) is 0 Å². The Morgan fingerprint density at radius 3 is 2.62 bits per heavy atom. The SMILES string of the molecule is CC(Oc1ccc(Cl)cc1)C(=O)N1CCCCC1C(=O)O. The number of halogens is 1. The molecule has 1 aliphatic heterocycles. The first-order valence-corrected chi connectivity index (χ1v) is 7.32. The second kappa shape index (κ2) is 6.80. The second-order valence-electron chi connectivity index (χ2n) is 5.10.